The van der Waals surface area contributed by atoms with Crippen LogP contribution in [0.3, 0.4) is 0 Å². The van der Waals surface area contributed by atoms with E-state index in [0.717, 1.165) is 6.54 Å². The number of nitrogens with zero attached hydrogens (tertiary/aromatic N) is 1. The van der Waals surface area contributed by atoms with E-state index in [1.807, 2.05) is 0 Å². The number of benzene rings is 1. The molecule has 2 heteroatoms. The van der Waals surface area contributed by atoms with Gasteiger partial charge in [-0.05, 0) is 45.4 Å². The van der Waals surface area contributed by atoms with Crippen molar-refractivity contribution < 1.29 is 0 Å². The van der Waals surface area contributed by atoms with Gasteiger partial charge in [-0.1, -0.05) is 31.2 Å². The summed E-state index contributed by atoms with van der Waals surface area (Å²) in [6.07, 6.45) is 0. The van der Waals surface area contributed by atoms with Crippen LogP contribution in [0.1, 0.15) is 44.9 Å². The molecule has 0 aromatic heterocycles. The van der Waals surface area contributed by atoms with Crippen molar-refractivity contribution >= 4 is 0 Å². The summed E-state index contributed by atoms with van der Waals surface area (Å²) in [5.41, 5.74) is 8.90. The first kappa shape index (κ1) is 14.2. The van der Waals surface area contributed by atoms with Crippen molar-refractivity contribution in [3.05, 3.63) is 35.4 Å². The van der Waals surface area contributed by atoms with Gasteiger partial charge in [0.05, 0.1) is 6.04 Å². The van der Waals surface area contributed by atoms with E-state index >= 15 is 0 Å². The molecule has 0 aliphatic heterocycles. The third-order valence-electron chi connectivity index (χ3n) is 3.39. The normalized spacial score (nSPS) is 15.3. The Bertz CT molecular complexity index is 345. The number of hydrogen-bond acceptors (Lipinski definition) is 2. The smallest absolute Gasteiger partial charge is 0.0501 e. The van der Waals surface area contributed by atoms with Crippen LogP contribution < -0.4 is 5.73 Å². The highest BCUT2D eigenvalue weighted by molar-refractivity contribution is 5.30. The molecule has 17 heavy (non-hydrogen) atoms. The van der Waals surface area contributed by atoms with Crippen LogP contribution in [0.25, 0.3) is 0 Å². The van der Waals surface area contributed by atoms with E-state index in [4.69, 9.17) is 5.73 Å². The van der Waals surface area contributed by atoms with Crippen LogP contribution in [-0.2, 0) is 0 Å². The zero-order valence-electron chi connectivity index (χ0n) is 11.8. The Morgan fingerprint density at radius 1 is 1.18 bits per heavy atom. The van der Waals surface area contributed by atoms with Gasteiger partial charge in [-0.2, -0.15) is 0 Å². The summed E-state index contributed by atoms with van der Waals surface area (Å²) in [7, 11) is 0. The van der Waals surface area contributed by atoms with Gasteiger partial charge >= 0.3 is 0 Å². The number of likely N-dealkylation sites (N-methyl/N-ethyl adjacent to an activating group) is 1. The predicted octanol–water partition coefficient (Wildman–Crippen LogP) is 3.11. The largest absolute Gasteiger partial charge is 0.326 e. The van der Waals surface area contributed by atoms with Crippen LogP contribution >= 0.6 is 0 Å². The van der Waals surface area contributed by atoms with Crippen LogP contribution in [-0.4, -0.2) is 23.5 Å². The monoisotopic (exact) mass is 234 g/mol. The fourth-order valence-corrected chi connectivity index (χ4v) is 2.57. The second-order valence-corrected chi connectivity index (χ2v) is 5.08. The van der Waals surface area contributed by atoms with Crippen molar-refractivity contribution in [1.29, 1.82) is 0 Å². The molecular formula is C15H26N2. The summed E-state index contributed by atoms with van der Waals surface area (Å²) in [6.45, 7) is 12.0. The van der Waals surface area contributed by atoms with Crippen LogP contribution in [0.2, 0.25) is 0 Å². The molecule has 0 heterocycles. The van der Waals surface area contributed by atoms with E-state index in [-0.39, 0.29) is 6.04 Å². The first-order valence-electron chi connectivity index (χ1n) is 6.55. The summed E-state index contributed by atoms with van der Waals surface area (Å²) in [5.74, 6) is 0. The molecule has 0 amide bonds. The van der Waals surface area contributed by atoms with E-state index in [1.54, 1.807) is 0 Å². The van der Waals surface area contributed by atoms with E-state index in [0.29, 0.717) is 12.1 Å². The summed E-state index contributed by atoms with van der Waals surface area (Å²) in [4.78, 5) is 2.47. The molecule has 0 aliphatic carbocycles. The minimum atomic E-state index is 0.137. The number of aryl methyl sites for hydroxylation is 1. The van der Waals surface area contributed by atoms with Gasteiger partial charge in [0, 0.05) is 12.1 Å². The minimum absolute atomic E-state index is 0.137. The zero-order valence-corrected chi connectivity index (χ0v) is 11.8. The van der Waals surface area contributed by atoms with Crippen molar-refractivity contribution in [3.63, 3.8) is 0 Å². The van der Waals surface area contributed by atoms with Crippen molar-refractivity contribution in [1.82, 2.24) is 4.90 Å². The van der Waals surface area contributed by atoms with E-state index in [9.17, 15) is 0 Å². The van der Waals surface area contributed by atoms with Gasteiger partial charge in [0.1, 0.15) is 0 Å². The lowest BCUT2D eigenvalue weighted by Gasteiger charge is -2.37. The summed E-state index contributed by atoms with van der Waals surface area (Å²) < 4.78 is 0. The van der Waals surface area contributed by atoms with Crippen LogP contribution in [0, 0.1) is 6.92 Å². The van der Waals surface area contributed by atoms with Gasteiger partial charge < -0.3 is 5.73 Å². The molecule has 0 saturated heterocycles. The molecular weight excluding hydrogens is 208 g/mol. The van der Waals surface area contributed by atoms with E-state index in [2.05, 4.69) is 63.8 Å². The van der Waals surface area contributed by atoms with Gasteiger partial charge in [-0.3, -0.25) is 4.90 Å². The molecule has 0 spiro atoms. The zero-order chi connectivity index (χ0) is 13.0. The fraction of sp³-hybridized carbons (Fsp3) is 0.600. The average molecular weight is 234 g/mol. The predicted molar refractivity (Wildman–Crippen MR) is 75.1 cm³/mol. The molecule has 0 radical (unpaired) electrons. The molecule has 0 fully saturated rings. The van der Waals surface area contributed by atoms with Gasteiger partial charge in [0.25, 0.3) is 0 Å². The Balaban J connectivity index is 3.13. The van der Waals surface area contributed by atoms with Crippen molar-refractivity contribution in [2.24, 2.45) is 5.73 Å². The Morgan fingerprint density at radius 2 is 1.76 bits per heavy atom. The molecule has 0 saturated carbocycles. The summed E-state index contributed by atoms with van der Waals surface area (Å²) in [5, 5.41) is 0. The first-order valence-corrected chi connectivity index (χ1v) is 6.55. The number of nitrogens with two attached hydrogens (primary N) is 1. The minimum Gasteiger partial charge on any atom is -0.326 e. The second-order valence-electron chi connectivity index (χ2n) is 5.08. The lowest BCUT2D eigenvalue weighted by atomic mass is 9.94. The quantitative estimate of drug-likeness (QED) is 0.848. The Hall–Kier alpha value is -0.860. The molecule has 2 unspecified atom stereocenters. The van der Waals surface area contributed by atoms with Crippen LogP contribution in [0.5, 0.6) is 0 Å². The molecule has 2 N–H and O–H groups in total. The topological polar surface area (TPSA) is 29.3 Å². The highest BCUT2D eigenvalue weighted by atomic mass is 15.2. The van der Waals surface area contributed by atoms with E-state index < -0.39 is 0 Å². The number of rotatable bonds is 5. The molecule has 0 bridgehead atoms. The summed E-state index contributed by atoms with van der Waals surface area (Å²) in [6, 6.07) is 9.51. The Kier molecular flexibility index (Phi) is 5.16. The molecule has 1 rings (SSSR count). The maximum atomic E-state index is 6.21. The first-order chi connectivity index (χ1) is 7.99. The third-order valence-corrected chi connectivity index (χ3v) is 3.39. The maximum absolute atomic E-state index is 6.21. The average Bonchev–Trinajstić information content (AvgIpc) is 2.26. The maximum Gasteiger partial charge on any atom is 0.0501 e. The summed E-state index contributed by atoms with van der Waals surface area (Å²) >= 11 is 0. The van der Waals surface area contributed by atoms with Gasteiger partial charge in [0.2, 0.25) is 0 Å². The standard InChI is InChI=1S/C15H26N2/c1-6-17(11(2)3)15(13(5)16)14-10-8-7-9-12(14)4/h7-11,13,15H,6,16H2,1-5H3. The Morgan fingerprint density at radius 3 is 2.18 bits per heavy atom. The Labute approximate surface area is 106 Å². The molecule has 0 aliphatic rings. The fourth-order valence-electron chi connectivity index (χ4n) is 2.57. The highest BCUT2D eigenvalue weighted by Gasteiger charge is 2.25. The SMILES string of the molecule is CCN(C(C)C)C(c1ccccc1C)C(C)N. The van der Waals surface area contributed by atoms with Gasteiger partial charge in [-0.15, -0.1) is 0 Å². The molecule has 1 aromatic carbocycles. The van der Waals surface area contributed by atoms with Crippen molar-refractivity contribution in [2.75, 3.05) is 6.54 Å². The van der Waals surface area contributed by atoms with Gasteiger partial charge in [-0.25, -0.2) is 0 Å². The lowest BCUT2D eigenvalue weighted by Crippen LogP contribution is -2.43. The molecule has 1 aromatic rings. The number of hydrogen-bond donors (Lipinski definition) is 1. The van der Waals surface area contributed by atoms with Crippen molar-refractivity contribution in [3.8, 4) is 0 Å². The van der Waals surface area contributed by atoms with Crippen LogP contribution in [0.4, 0.5) is 0 Å². The second kappa shape index (κ2) is 6.18. The van der Waals surface area contributed by atoms with Crippen LogP contribution in [0.15, 0.2) is 24.3 Å². The molecule has 96 valence electrons. The van der Waals surface area contributed by atoms with Crippen molar-refractivity contribution in [2.45, 2.75) is 52.7 Å². The third kappa shape index (κ3) is 3.30. The molecule has 2 nitrogen and oxygen atoms in total. The van der Waals surface area contributed by atoms with E-state index in [1.165, 1.54) is 11.1 Å². The molecule has 2 atom stereocenters. The van der Waals surface area contributed by atoms with Gasteiger partial charge in [0.15, 0.2) is 0 Å². The highest BCUT2D eigenvalue weighted by Crippen LogP contribution is 2.27. The lowest BCUT2D eigenvalue weighted by molar-refractivity contribution is 0.144.